The van der Waals surface area contributed by atoms with Gasteiger partial charge in [0, 0.05) is 24.8 Å². The lowest BCUT2D eigenvalue weighted by molar-refractivity contribution is 0.0761. The molecule has 0 aliphatic heterocycles. The molecule has 134 valence electrons. The molecule has 0 radical (unpaired) electrons. The van der Waals surface area contributed by atoms with Crippen LogP contribution in [0.3, 0.4) is 0 Å². The minimum atomic E-state index is -0.458. The van der Waals surface area contributed by atoms with Crippen molar-refractivity contribution in [1.82, 2.24) is 14.7 Å². The molecule has 1 unspecified atom stereocenters. The molecule has 1 aromatic heterocycles. The molecule has 3 rings (SSSR count). The second-order valence-corrected chi connectivity index (χ2v) is 6.86. The number of aliphatic hydroxyl groups excluding tert-OH is 1. The fourth-order valence-corrected chi connectivity index (χ4v) is 3.25. The lowest BCUT2D eigenvalue weighted by atomic mass is 10.1. The zero-order chi connectivity index (χ0) is 18.1. The second kappa shape index (κ2) is 6.96. The van der Waals surface area contributed by atoms with Crippen LogP contribution in [0.5, 0.6) is 0 Å². The molecule has 1 heterocycles. The van der Waals surface area contributed by atoms with E-state index in [9.17, 15) is 14.3 Å². The van der Waals surface area contributed by atoms with E-state index in [1.54, 1.807) is 29.6 Å². The maximum absolute atomic E-state index is 14.4. The van der Waals surface area contributed by atoms with Crippen LogP contribution in [-0.2, 0) is 12.8 Å². The van der Waals surface area contributed by atoms with Gasteiger partial charge < -0.3 is 10.0 Å². The van der Waals surface area contributed by atoms with Gasteiger partial charge in [0.2, 0.25) is 0 Å². The van der Waals surface area contributed by atoms with Gasteiger partial charge in [0.25, 0.3) is 5.91 Å². The predicted octanol–water partition coefficient (Wildman–Crippen LogP) is 2.65. The first kappa shape index (κ1) is 17.6. The predicted molar refractivity (Wildman–Crippen MR) is 93.5 cm³/mol. The second-order valence-electron chi connectivity index (χ2n) is 6.86. The van der Waals surface area contributed by atoms with Gasteiger partial charge in [0.15, 0.2) is 5.69 Å². The summed E-state index contributed by atoms with van der Waals surface area (Å²) in [6.07, 6.45) is 2.57. The van der Waals surface area contributed by atoms with Crippen molar-refractivity contribution in [2.24, 2.45) is 0 Å². The number of carbonyl (C=O) groups is 1. The molecule has 1 aromatic carbocycles. The molecule has 0 fully saturated rings. The molecule has 1 amide bonds. The molecule has 0 bridgehead atoms. The van der Waals surface area contributed by atoms with Crippen LogP contribution in [0.4, 0.5) is 4.39 Å². The number of rotatable bonds is 5. The van der Waals surface area contributed by atoms with Crippen LogP contribution in [-0.4, -0.2) is 45.4 Å². The number of benzene rings is 1. The van der Waals surface area contributed by atoms with E-state index < -0.39 is 6.10 Å². The largest absolute Gasteiger partial charge is 0.393 e. The van der Waals surface area contributed by atoms with Crippen LogP contribution >= 0.6 is 0 Å². The minimum absolute atomic E-state index is 0.176. The zero-order valence-corrected chi connectivity index (χ0v) is 14.9. The third kappa shape index (κ3) is 3.44. The van der Waals surface area contributed by atoms with Gasteiger partial charge in [0.05, 0.1) is 6.10 Å². The fourth-order valence-electron chi connectivity index (χ4n) is 3.25. The first-order valence-corrected chi connectivity index (χ1v) is 8.69. The van der Waals surface area contributed by atoms with Gasteiger partial charge in [-0.3, -0.25) is 4.79 Å². The number of hydrogen-bond acceptors (Lipinski definition) is 3. The molecule has 25 heavy (non-hydrogen) atoms. The Labute approximate surface area is 147 Å². The Bertz CT molecular complexity index is 798. The summed E-state index contributed by atoms with van der Waals surface area (Å²) in [5.41, 5.74) is 3.48. The molecule has 0 saturated heterocycles. The van der Waals surface area contributed by atoms with Crippen molar-refractivity contribution in [3.63, 3.8) is 0 Å². The molecule has 5 nitrogen and oxygen atoms in total. The fraction of sp³-hybridized carbons (Fsp3) is 0.474. The van der Waals surface area contributed by atoms with E-state index in [2.05, 4.69) is 5.10 Å². The maximum Gasteiger partial charge on any atom is 0.274 e. The zero-order valence-electron chi connectivity index (χ0n) is 14.9. The standard InChI is InChI=1S/C19H24FN3O2/c1-12-7-8-17(15(20)11-12)23-16-6-4-5-14(16)18(21-23)19(25)22(3)10-9-13(2)24/h7-8,11,13,24H,4-6,9-10H2,1-3H3. The van der Waals surface area contributed by atoms with Crippen molar-refractivity contribution in [3.8, 4) is 5.69 Å². The highest BCUT2D eigenvalue weighted by Gasteiger charge is 2.29. The van der Waals surface area contributed by atoms with Crippen molar-refractivity contribution in [2.45, 2.75) is 45.6 Å². The number of aliphatic hydroxyl groups is 1. The Morgan fingerprint density at radius 3 is 2.88 bits per heavy atom. The summed E-state index contributed by atoms with van der Waals surface area (Å²) in [4.78, 5) is 14.3. The number of hydrogen-bond donors (Lipinski definition) is 1. The lowest BCUT2D eigenvalue weighted by Crippen LogP contribution is -2.30. The highest BCUT2D eigenvalue weighted by molar-refractivity contribution is 5.94. The molecule has 1 aliphatic carbocycles. The number of aromatic nitrogens is 2. The Kier molecular flexibility index (Phi) is 4.90. The number of amides is 1. The van der Waals surface area contributed by atoms with E-state index in [1.807, 2.05) is 13.0 Å². The van der Waals surface area contributed by atoms with Gasteiger partial charge >= 0.3 is 0 Å². The van der Waals surface area contributed by atoms with E-state index >= 15 is 0 Å². The highest BCUT2D eigenvalue weighted by atomic mass is 19.1. The van der Waals surface area contributed by atoms with Crippen LogP contribution in [0.15, 0.2) is 18.2 Å². The topological polar surface area (TPSA) is 58.4 Å². The Morgan fingerprint density at radius 2 is 2.20 bits per heavy atom. The Balaban J connectivity index is 1.96. The number of carbonyl (C=O) groups excluding carboxylic acids is 1. The van der Waals surface area contributed by atoms with Gasteiger partial charge in [-0.2, -0.15) is 5.10 Å². The first-order chi connectivity index (χ1) is 11.9. The maximum atomic E-state index is 14.4. The molecule has 0 saturated carbocycles. The summed E-state index contributed by atoms with van der Waals surface area (Å²) in [6.45, 7) is 3.99. The quantitative estimate of drug-likeness (QED) is 0.906. The SMILES string of the molecule is Cc1ccc(-n2nc(C(=O)N(C)CCC(C)O)c3c2CCC3)c(F)c1. The third-order valence-electron chi connectivity index (χ3n) is 4.69. The van der Waals surface area contributed by atoms with Crippen molar-refractivity contribution in [1.29, 1.82) is 0 Å². The molecular weight excluding hydrogens is 321 g/mol. The van der Waals surface area contributed by atoms with Crippen molar-refractivity contribution < 1.29 is 14.3 Å². The van der Waals surface area contributed by atoms with E-state index in [0.29, 0.717) is 24.3 Å². The third-order valence-corrected chi connectivity index (χ3v) is 4.69. The normalized spacial score (nSPS) is 14.4. The summed E-state index contributed by atoms with van der Waals surface area (Å²) < 4.78 is 16.0. The average molecular weight is 345 g/mol. The first-order valence-electron chi connectivity index (χ1n) is 8.69. The Morgan fingerprint density at radius 1 is 1.44 bits per heavy atom. The van der Waals surface area contributed by atoms with Gasteiger partial charge in [0.1, 0.15) is 11.5 Å². The van der Waals surface area contributed by atoms with Crippen LogP contribution in [0.1, 0.15) is 47.1 Å². The van der Waals surface area contributed by atoms with E-state index in [4.69, 9.17) is 0 Å². The highest BCUT2D eigenvalue weighted by Crippen LogP contribution is 2.29. The lowest BCUT2D eigenvalue weighted by Gasteiger charge is -2.17. The summed E-state index contributed by atoms with van der Waals surface area (Å²) >= 11 is 0. The minimum Gasteiger partial charge on any atom is -0.393 e. The van der Waals surface area contributed by atoms with Crippen molar-refractivity contribution in [3.05, 3.63) is 46.5 Å². The van der Waals surface area contributed by atoms with Gasteiger partial charge in [-0.15, -0.1) is 0 Å². The molecule has 1 aliphatic rings. The van der Waals surface area contributed by atoms with Gasteiger partial charge in [-0.1, -0.05) is 6.07 Å². The summed E-state index contributed by atoms with van der Waals surface area (Å²) in [6, 6.07) is 5.04. The molecule has 1 atom stereocenters. The van der Waals surface area contributed by atoms with Crippen LogP contribution in [0.2, 0.25) is 0 Å². The number of halogens is 1. The van der Waals surface area contributed by atoms with Crippen LogP contribution in [0, 0.1) is 12.7 Å². The van der Waals surface area contributed by atoms with Crippen LogP contribution < -0.4 is 0 Å². The molecule has 0 spiro atoms. The molecular formula is C19H24FN3O2. The van der Waals surface area contributed by atoms with E-state index in [-0.39, 0.29) is 11.7 Å². The van der Waals surface area contributed by atoms with E-state index in [1.165, 1.54) is 6.07 Å². The number of fused-ring (bicyclic) bond motifs is 1. The molecule has 6 heteroatoms. The van der Waals surface area contributed by atoms with Crippen molar-refractivity contribution >= 4 is 5.91 Å². The van der Waals surface area contributed by atoms with Gasteiger partial charge in [-0.05, 0) is 57.2 Å². The van der Waals surface area contributed by atoms with E-state index in [0.717, 1.165) is 36.1 Å². The summed E-state index contributed by atoms with van der Waals surface area (Å²) in [5, 5.41) is 13.9. The monoisotopic (exact) mass is 345 g/mol. The summed E-state index contributed by atoms with van der Waals surface area (Å²) in [5.74, 6) is -0.510. The number of nitrogens with zero attached hydrogens (tertiary/aromatic N) is 3. The molecule has 2 aromatic rings. The van der Waals surface area contributed by atoms with Crippen molar-refractivity contribution in [2.75, 3.05) is 13.6 Å². The smallest absolute Gasteiger partial charge is 0.274 e. The number of aryl methyl sites for hydroxylation is 1. The molecule has 1 N–H and O–H groups in total. The van der Waals surface area contributed by atoms with Crippen LogP contribution in [0.25, 0.3) is 5.69 Å². The summed E-state index contributed by atoms with van der Waals surface area (Å²) in [7, 11) is 1.71. The van der Waals surface area contributed by atoms with Gasteiger partial charge in [-0.25, -0.2) is 9.07 Å². The Hall–Kier alpha value is -2.21. The average Bonchev–Trinajstić information content (AvgIpc) is 3.14.